The second-order valence-electron chi connectivity index (χ2n) is 8.68. The van der Waals surface area contributed by atoms with Gasteiger partial charge in [0.1, 0.15) is 4.75 Å². The van der Waals surface area contributed by atoms with Crippen LogP contribution in [0.1, 0.15) is 51.0 Å². The Hall–Kier alpha value is -1.40. The van der Waals surface area contributed by atoms with Crippen molar-refractivity contribution in [3.8, 4) is 0 Å². The van der Waals surface area contributed by atoms with E-state index >= 15 is 0 Å². The molecule has 1 aromatic rings. The third-order valence-electron chi connectivity index (χ3n) is 6.55. The maximum Gasteiger partial charge on any atom is 0.268 e. The van der Waals surface area contributed by atoms with Crippen molar-refractivity contribution in [1.82, 2.24) is 10.3 Å². The highest BCUT2D eigenvalue weighted by Gasteiger charge is 2.58. The van der Waals surface area contributed by atoms with Gasteiger partial charge in [0.05, 0.1) is 5.60 Å². The minimum atomic E-state index is -0.690. The van der Waals surface area contributed by atoms with Gasteiger partial charge in [0.15, 0.2) is 5.17 Å². The fourth-order valence-electron chi connectivity index (χ4n) is 5.95. The summed E-state index contributed by atoms with van der Waals surface area (Å²) in [6, 6.07) is 3.77. The summed E-state index contributed by atoms with van der Waals surface area (Å²) in [5.41, 5.74) is 0.329. The summed E-state index contributed by atoms with van der Waals surface area (Å²) in [6.45, 7) is 1.93. The van der Waals surface area contributed by atoms with Gasteiger partial charge in [0, 0.05) is 17.9 Å². The molecule has 1 aromatic heterocycles. The monoisotopic (exact) mass is 357 g/mol. The van der Waals surface area contributed by atoms with Crippen molar-refractivity contribution >= 4 is 22.8 Å². The van der Waals surface area contributed by atoms with E-state index in [1.807, 2.05) is 19.1 Å². The molecular weight excluding hydrogens is 334 g/mol. The van der Waals surface area contributed by atoms with Gasteiger partial charge in [0.2, 0.25) is 0 Å². The molecule has 4 aliphatic carbocycles. The second kappa shape index (κ2) is 5.07. The molecule has 0 spiro atoms. The lowest BCUT2D eigenvalue weighted by atomic mass is 9.51. The Morgan fingerprint density at radius 3 is 2.52 bits per heavy atom. The number of aliphatic imine (C=N–C) groups is 1. The predicted octanol–water partition coefficient (Wildman–Crippen LogP) is 2.60. The number of carbonyl (C=O) groups excluding carboxylic acids is 1. The normalized spacial score (nSPS) is 44.9. The van der Waals surface area contributed by atoms with Crippen LogP contribution < -0.4 is 5.32 Å². The molecule has 5 aliphatic rings. The number of nitrogens with zero attached hydrogens (tertiary/aromatic N) is 2. The molecule has 132 valence electrons. The Morgan fingerprint density at radius 1 is 1.20 bits per heavy atom. The summed E-state index contributed by atoms with van der Waals surface area (Å²) >= 11 is 1.50. The Morgan fingerprint density at radius 2 is 1.88 bits per heavy atom. The zero-order chi connectivity index (χ0) is 17.3. The van der Waals surface area contributed by atoms with E-state index in [-0.39, 0.29) is 11.4 Å². The van der Waals surface area contributed by atoms with E-state index in [1.54, 1.807) is 12.4 Å². The van der Waals surface area contributed by atoms with Gasteiger partial charge in [-0.2, -0.15) is 4.99 Å². The summed E-state index contributed by atoms with van der Waals surface area (Å²) in [5, 5.41) is 15.3. The van der Waals surface area contributed by atoms with Crippen molar-refractivity contribution in [3.05, 3.63) is 30.1 Å². The molecule has 4 saturated carbocycles. The quantitative estimate of drug-likeness (QED) is 0.851. The van der Waals surface area contributed by atoms with Gasteiger partial charge in [-0.05, 0) is 75.0 Å². The van der Waals surface area contributed by atoms with Crippen LogP contribution in [-0.4, -0.2) is 32.3 Å². The molecule has 5 nitrogen and oxygen atoms in total. The van der Waals surface area contributed by atoms with E-state index in [0.29, 0.717) is 11.8 Å². The number of aromatic nitrogens is 1. The molecule has 4 fully saturated rings. The Kier molecular flexibility index (Phi) is 3.21. The number of pyridine rings is 1. The van der Waals surface area contributed by atoms with Crippen LogP contribution >= 0.6 is 11.8 Å². The van der Waals surface area contributed by atoms with Gasteiger partial charge in [0.25, 0.3) is 5.91 Å². The first-order valence-corrected chi connectivity index (χ1v) is 9.93. The molecule has 2 heterocycles. The highest BCUT2D eigenvalue weighted by molar-refractivity contribution is 8.15. The third kappa shape index (κ3) is 2.45. The molecule has 0 radical (unpaired) electrons. The molecule has 25 heavy (non-hydrogen) atoms. The van der Waals surface area contributed by atoms with Gasteiger partial charge >= 0.3 is 0 Å². The lowest BCUT2D eigenvalue weighted by molar-refractivity contribution is -0.137. The molecule has 0 saturated heterocycles. The van der Waals surface area contributed by atoms with Gasteiger partial charge in [-0.25, -0.2) is 0 Å². The lowest BCUT2D eigenvalue weighted by Crippen LogP contribution is -2.65. The van der Waals surface area contributed by atoms with E-state index < -0.39 is 10.3 Å². The molecule has 2 N–H and O–H groups in total. The fraction of sp³-hybridized carbons (Fsp3) is 0.632. The zero-order valence-corrected chi connectivity index (χ0v) is 15.2. The third-order valence-corrected chi connectivity index (χ3v) is 7.75. The molecule has 3 unspecified atom stereocenters. The number of thioether (sulfide) groups is 1. The van der Waals surface area contributed by atoms with Crippen LogP contribution in [0.3, 0.4) is 0 Å². The number of rotatable bonds is 2. The smallest absolute Gasteiger partial charge is 0.268 e. The minimum absolute atomic E-state index is 0.0888. The van der Waals surface area contributed by atoms with Crippen LogP contribution in [0.25, 0.3) is 0 Å². The van der Waals surface area contributed by atoms with Crippen molar-refractivity contribution in [2.75, 3.05) is 0 Å². The first-order chi connectivity index (χ1) is 11.9. The standard InChI is InChI=1S/C19H23N3O2S/c1-17(14-2-4-20-5-3-14)15(23)21-16(25-17)22-18-7-12-6-13(8-18)10-19(24,9-12)11-18/h2-5,12-13,24H,6-11H2,1H3,(H,21,22,23). The SMILES string of the molecule is CC1(c2ccncc2)SC(NC23CC4CC(CC(O)(C4)C2)C3)=NC1=O. The average Bonchev–Trinajstić information content (AvgIpc) is 2.80. The van der Waals surface area contributed by atoms with Gasteiger partial charge in [-0.1, -0.05) is 11.8 Å². The highest BCUT2D eigenvalue weighted by atomic mass is 32.2. The molecule has 4 bridgehead atoms. The molecular formula is C19H23N3O2S. The summed E-state index contributed by atoms with van der Waals surface area (Å²) in [6.07, 6.45) is 9.53. The fourth-order valence-corrected chi connectivity index (χ4v) is 7.12. The van der Waals surface area contributed by atoms with Crippen molar-refractivity contribution < 1.29 is 9.90 Å². The molecule has 1 aliphatic heterocycles. The van der Waals surface area contributed by atoms with E-state index in [0.717, 1.165) is 42.8 Å². The number of hydrogen-bond donors (Lipinski definition) is 2. The number of amidine groups is 1. The van der Waals surface area contributed by atoms with Crippen LogP contribution in [-0.2, 0) is 9.54 Å². The lowest BCUT2D eigenvalue weighted by Gasteiger charge is -2.60. The maximum atomic E-state index is 12.6. The summed E-state index contributed by atoms with van der Waals surface area (Å²) in [4.78, 5) is 21.0. The molecule has 3 atom stereocenters. The summed E-state index contributed by atoms with van der Waals surface area (Å²) in [5.74, 6) is 1.09. The molecule has 6 rings (SSSR count). The van der Waals surface area contributed by atoms with E-state index in [9.17, 15) is 9.90 Å². The summed E-state index contributed by atoms with van der Waals surface area (Å²) in [7, 11) is 0. The number of aliphatic hydroxyl groups is 1. The molecule has 6 heteroatoms. The Labute approximate surface area is 151 Å². The average molecular weight is 357 g/mol. The van der Waals surface area contributed by atoms with Crippen LogP contribution in [0.4, 0.5) is 0 Å². The highest BCUT2D eigenvalue weighted by Crippen LogP contribution is 2.58. The minimum Gasteiger partial charge on any atom is -0.390 e. The van der Waals surface area contributed by atoms with Crippen molar-refractivity contribution in [2.24, 2.45) is 16.8 Å². The maximum absolute atomic E-state index is 12.6. The number of hydrogen-bond acceptors (Lipinski definition) is 5. The topological polar surface area (TPSA) is 74.6 Å². The van der Waals surface area contributed by atoms with Gasteiger partial charge < -0.3 is 10.4 Å². The molecule has 1 amide bonds. The van der Waals surface area contributed by atoms with Crippen LogP contribution in [0.15, 0.2) is 29.5 Å². The van der Waals surface area contributed by atoms with Crippen molar-refractivity contribution in [3.63, 3.8) is 0 Å². The zero-order valence-electron chi connectivity index (χ0n) is 14.4. The van der Waals surface area contributed by atoms with E-state index in [2.05, 4.69) is 15.3 Å². The first kappa shape index (κ1) is 15.8. The van der Waals surface area contributed by atoms with E-state index in [1.165, 1.54) is 18.2 Å². The first-order valence-electron chi connectivity index (χ1n) is 9.11. The van der Waals surface area contributed by atoms with Crippen molar-refractivity contribution in [2.45, 2.75) is 61.3 Å². The van der Waals surface area contributed by atoms with Crippen LogP contribution in [0, 0.1) is 11.8 Å². The summed E-state index contributed by atoms with van der Waals surface area (Å²) < 4.78 is -0.690. The second-order valence-corrected chi connectivity index (χ2v) is 10.1. The largest absolute Gasteiger partial charge is 0.390 e. The molecule has 0 aromatic carbocycles. The van der Waals surface area contributed by atoms with Crippen LogP contribution in [0.5, 0.6) is 0 Å². The Bertz CT molecular complexity index is 751. The van der Waals surface area contributed by atoms with E-state index in [4.69, 9.17) is 0 Å². The van der Waals surface area contributed by atoms with Crippen LogP contribution in [0.2, 0.25) is 0 Å². The number of amides is 1. The van der Waals surface area contributed by atoms with Crippen molar-refractivity contribution in [1.29, 1.82) is 0 Å². The van der Waals surface area contributed by atoms with Gasteiger partial charge in [-0.3, -0.25) is 9.78 Å². The predicted molar refractivity (Wildman–Crippen MR) is 97.1 cm³/mol. The number of carbonyl (C=O) groups is 1. The Balaban J connectivity index is 1.39. The number of nitrogens with one attached hydrogen (secondary N) is 1. The van der Waals surface area contributed by atoms with Gasteiger partial charge in [-0.15, -0.1) is 0 Å².